The Bertz CT molecular complexity index is 1030. The molecule has 2 aromatic carbocycles. The van der Waals surface area contributed by atoms with Crippen molar-refractivity contribution in [3.63, 3.8) is 0 Å². The summed E-state index contributed by atoms with van der Waals surface area (Å²) < 4.78 is 16.2. The highest BCUT2D eigenvalue weighted by Crippen LogP contribution is 2.42. The standard InChI is InChI=1S/C26H32N2O5/c1-16(18-10-9-17-7-5-6-8-19(17)11-18)27-26(30)20-12-24(29)28(15-20)21-13-22(31-2)25(33-4)23(14-21)32-3/h9-11,13-14,16,20H,5-8,12,15H2,1-4H3,(H,27,30)/t16-,20+/m0/s1. The van der Waals surface area contributed by atoms with Crippen molar-refractivity contribution >= 4 is 17.5 Å². The molecule has 1 heterocycles. The first-order valence-corrected chi connectivity index (χ1v) is 11.5. The average molecular weight is 453 g/mol. The van der Waals surface area contributed by atoms with Crippen molar-refractivity contribution < 1.29 is 23.8 Å². The molecule has 2 amide bonds. The summed E-state index contributed by atoms with van der Waals surface area (Å²) in [5.41, 5.74) is 4.54. The van der Waals surface area contributed by atoms with Crippen LogP contribution in [0.1, 0.15) is 48.9 Å². The van der Waals surface area contributed by atoms with E-state index in [4.69, 9.17) is 14.2 Å². The molecule has 7 heteroatoms. The van der Waals surface area contributed by atoms with Crippen molar-refractivity contribution in [1.82, 2.24) is 5.32 Å². The molecular weight excluding hydrogens is 420 g/mol. The summed E-state index contributed by atoms with van der Waals surface area (Å²) in [5, 5.41) is 3.11. The van der Waals surface area contributed by atoms with Crippen molar-refractivity contribution in [2.75, 3.05) is 32.8 Å². The van der Waals surface area contributed by atoms with Gasteiger partial charge in [-0.1, -0.05) is 18.2 Å². The van der Waals surface area contributed by atoms with E-state index < -0.39 is 5.92 Å². The fraction of sp³-hybridized carbons (Fsp3) is 0.462. The first-order chi connectivity index (χ1) is 15.9. The number of hydrogen-bond donors (Lipinski definition) is 1. The lowest BCUT2D eigenvalue weighted by atomic mass is 9.89. The molecule has 0 bridgehead atoms. The third-order valence-corrected chi connectivity index (χ3v) is 6.69. The Kier molecular flexibility index (Phi) is 6.77. The van der Waals surface area contributed by atoms with E-state index in [9.17, 15) is 9.59 Å². The van der Waals surface area contributed by atoms with E-state index in [0.717, 1.165) is 18.4 Å². The van der Waals surface area contributed by atoms with Gasteiger partial charge >= 0.3 is 0 Å². The van der Waals surface area contributed by atoms with Crippen LogP contribution in [0.4, 0.5) is 5.69 Å². The number of carbonyl (C=O) groups excluding carboxylic acids is 2. The number of benzene rings is 2. The molecule has 176 valence electrons. The predicted molar refractivity (Wildman–Crippen MR) is 126 cm³/mol. The molecule has 0 spiro atoms. The van der Waals surface area contributed by atoms with E-state index in [1.807, 2.05) is 6.92 Å². The van der Waals surface area contributed by atoms with Gasteiger partial charge in [-0.2, -0.15) is 0 Å². The summed E-state index contributed by atoms with van der Waals surface area (Å²) in [7, 11) is 4.60. The molecule has 2 aliphatic rings. The Morgan fingerprint density at radius 3 is 2.30 bits per heavy atom. The van der Waals surface area contributed by atoms with Crippen LogP contribution in [0.3, 0.4) is 0 Å². The van der Waals surface area contributed by atoms with Gasteiger partial charge in [0.25, 0.3) is 0 Å². The van der Waals surface area contributed by atoms with Gasteiger partial charge in [0.15, 0.2) is 11.5 Å². The lowest BCUT2D eigenvalue weighted by Gasteiger charge is -2.22. The van der Waals surface area contributed by atoms with Gasteiger partial charge in [0.2, 0.25) is 17.6 Å². The van der Waals surface area contributed by atoms with Crippen molar-refractivity contribution in [2.45, 2.75) is 45.1 Å². The highest BCUT2D eigenvalue weighted by molar-refractivity contribution is 6.00. The Hall–Kier alpha value is -3.22. The highest BCUT2D eigenvalue weighted by atomic mass is 16.5. The molecule has 7 nitrogen and oxygen atoms in total. The van der Waals surface area contributed by atoms with Gasteiger partial charge in [-0.3, -0.25) is 9.59 Å². The molecular formula is C26H32N2O5. The third kappa shape index (κ3) is 4.63. The number of hydrogen-bond acceptors (Lipinski definition) is 5. The summed E-state index contributed by atoms with van der Waals surface area (Å²) in [6.45, 7) is 2.30. The van der Waals surface area contributed by atoms with Gasteiger partial charge in [0.1, 0.15) is 0 Å². The summed E-state index contributed by atoms with van der Waals surface area (Å²) in [4.78, 5) is 27.4. The van der Waals surface area contributed by atoms with Gasteiger partial charge in [-0.25, -0.2) is 0 Å². The van der Waals surface area contributed by atoms with E-state index in [1.165, 1.54) is 45.3 Å². The molecule has 33 heavy (non-hydrogen) atoms. The Labute approximate surface area is 195 Å². The van der Waals surface area contributed by atoms with Gasteiger partial charge in [0.05, 0.1) is 39.0 Å². The second kappa shape index (κ2) is 9.73. The van der Waals surface area contributed by atoms with E-state index in [1.54, 1.807) is 17.0 Å². The smallest absolute Gasteiger partial charge is 0.227 e. The zero-order valence-corrected chi connectivity index (χ0v) is 19.8. The molecule has 1 saturated heterocycles. The maximum atomic E-state index is 13.0. The highest BCUT2D eigenvalue weighted by Gasteiger charge is 2.36. The molecule has 0 saturated carbocycles. The van der Waals surface area contributed by atoms with Crippen LogP contribution in [0.15, 0.2) is 30.3 Å². The molecule has 1 N–H and O–H groups in total. The predicted octanol–water partition coefficient (Wildman–Crippen LogP) is 3.82. The number of anilines is 1. The number of fused-ring (bicyclic) bond motifs is 1. The lowest BCUT2D eigenvalue weighted by molar-refractivity contribution is -0.126. The maximum absolute atomic E-state index is 13.0. The molecule has 0 aromatic heterocycles. The minimum Gasteiger partial charge on any atom is -0.493 e. The Balaban J connectivity index is 1.46. The summed E-state index contributed by atoms with van der Waals surface area (Å²) in [6, 6.07) is 9.87. The van der Waals surface area contributed by atoms with Crippen molar-refractivity contribution in [3.8, 4) is 17.2 Å². The summed E-state index contributed by atoms with van der Waals surface area (Å²) in [5.74, 6) is 0.761. The second-order valence-corrected chi connectivity index (χ2v) is 8.75. The first-order valence-electron chi connectivity index (χ1n) is 11.5. The van der Waals surface area contributed by atoms with Crippen LogP contribution in [-0.4, -0.2) is 39.7 Å². The molecule has 2 aromatic rings. The molecule has 0 radical (unpaired) electrons. The average Bonchev–Trinajstić information content (AvgIpc) is 3.24. The van der Waals surface area contributed by atoms with E-state index in [2.05, 4.69) is 23.5 Å². The van der Waals surface area contributed by atoms with Crippen LogP contribution < -0.4 is 24.4 Å². The number of nitrogens with one attached hydrogen (secondary N) is 1. The number of rotatable bonds is 7. The van der Waals surface area contributed by atoms with Crippen molar-refractivity contribution in [2.24, 2.45) is 5.92 Å². The largest absolute Gasteiger partial charge is 0.493 e. The van der Waals surface area contributed by atoms with Crippen LogP contribution in [0, 0.1) is 5.92 Å². The zero-order valence-electron chi connectivity index (χ0n) is 19.8. The number of aryl methyl sites for hydroxylation is 2. The maximum Gasteiger partial charge on any atom is 0.227 e. The second-order valence-electron chi connectivity index (χ2n) is 8.75. The Morgan fingerprint density at radius 2 is 1.67 bits per heavy atom. The van der Waals surface area contributed by atoms with Gasteiger partial charge in [-0.15, -0.1) is 0 Å². The summed E-state index contributed by atoms with van der Waals surface area (Å²) in [6.07, 6.45) is 4.87. The normalized spacial score (nSPS) is 18.5. The fourth-order valence-electron chi connectivity index (χ4n) is 4.79. The first kappa shape index (κ1) is 23.0. The molecule has 4 rings (SSSR count). The van der Waals surface area contributed by atoms with E-state index >= 15 is 0 Å². The molecule has 1 fully saturated rings. The third-order valence-electron chi connectivity index (χ3n) is 6.69. The number of carbonyl (C=O) groups is 2. The van der Waals surface area contributed by atoms with Gasteiger partial charge in [-0.05, 0) is 49.3 Å². The fourth-order valence-corrected chi connectivity index (χ4v) is 4.79. The molecule has 1 aliphatic carbocycles. The van der Waals surface area contributed by atoms with Crippen LogP contribution in [-0.2, 0) is 22.4 Å². The van der Waals surface area contributed by atoms with E-state index in [-0.39, 0.29) is 24.3 Å². The zero-order chi connectivity index (χ0) is 23.5. The number of amides is 2. The van der Waals surface area contributed by atoms with Crippen LogP contribution >= 0.6 is 0 Å². The molecule has 2 atom stereocenters. The van der Waals surface area contributed by atoms with Crippen LogP contribution in [0.5, 0.6) is 17.2 Å². The SMILES string of the molecule is COc1cc(N2C[C@H](C(=O)N[C@@H](C)c3ccc4c(c3)CCCC4)CC2=O)cc(OC)c1OC. The van der Waals surface area contributed by atoms with Gasteiger partial charge in [0, 0.05) is 25.1 Å². The summed E-state index contributed by atoms with van der Waals surface area (Å²) >= 11 is 0. The number of nitrogens with zero attached hydrogens (tertiary/aromatic N) is 1. The lowest BCUT2D eigenvalue weighted by Crippen LogP contribution is -2.34. The molecule has 1 aliphatic heterocycles. The van der Waals surface area contributed by atoms with E-state index in [0.29, 0.717) is 29.5 Å². The monoisotopic (exact) mass is 452 g/mol. The van der Waals surface area contributed by atoms with Crippen LogP contribution in [0.2, 0.25) is 0 Å². The quantitative estimate of drug-likeness (QED) is 0.691. The topological polar surface area (TPSA) is 77.1 Å². The van der Waals surface area contributed by atoms with Crippen LogP contribution in [0.25, 0.3) is 0 Å². The van der Waals surface area contributed by atoms with Crippen molar-refractivity contribution in [1.29, 1.82) is 0 Å². The minimum atomic E-state index is -0.420. The Morgan fingerprint density at radius 1 is 1.00 bits per heavy atom. The number of ether oxygens (including phenoxy) is 3. The van der Waals surface area contributed by atoms with Crippen molar-refractivity contribution in [3.05, 3.63) is 47.0 Å². The van der Waals surface area contributed by atoms with Gasteiger partial charge < -0.3 is 24.4 Å². The molecule has 0 unspecified atom stereocenters. The minimum absolute atomic E-state index is 0.106. The number of methoxy groups -OCH3 is 3.